The number of nitrogens with zero attached hydrogens (tertiary/aromatic N) is 3. The van der Waals surface area contributed by atoms with E-state index < -0.39 is 39.6 Å². The van der Waals surface area contributed by atoms with E-state index in [-0.39, 0.29) is 53.6 Å². The summed E-state index contributed by atoms with van der Waals surface area (Å²) in [4.78, 5) is 71.0. The van der Waals surface area contributed by atoms with Gasteiger partial charge in [-0.25, -0.2) is 9.78 Å². The molecule has 2 heterocycles. The van der Waals surface area contributed by atoms with Crippen LogP contribution in [0.3, 0.4) is 0 Å². The molecule has 0 saturated heterocycles. The summed E-state index contributed by atoms with van der Waals surface area (Å²) in [6.45, 7) is 7.05. The van der Waals surface area contributed by atoms with Crippen molar-refractivity contribution in [1.29, 1.82) is 0 Å². The lowest BCUT2D eigenvalue weighted by Gasteiger charge is -2.15. The van der Waals surface area contributed by atoms with Crippen molar-refractivity contribution in [1.82, 2.24) is 30.5 Å². The largest absolute Gasteiger partial charge is 0.477 e. The van der Waals surface area contributed by atoms with Crippen LogP contribution in [0.15, 0.2) is 63.0 Å². The highest BCUT2D eigenvalue weighted by atomic mass is 32.2. The van der Waals surface area contributed by atoms with Gasteiger partial charge < -0.3 is 46.4 Å². The van der Waals surface area contributed by atoms with Crippen LogP contribution in [0.1, 0.15) is 64.7 Å². The molecule has 0 fully saturated rings. The average molecular weight is 822 g/mol. The van der Waals surface area contributed by atoms with Gasteiger partial charge in [-0.1, -0.05) is 23.8 Å². The molecule has 0 atom stereocenters. The predicted octanol–water partition coefficient (Wildman–Crippen LogP) is 2.06. The van der Waals surface area contributed by atoms with Crippen molar-refractivity contribution in [2.75, 3.05) is 44.7 Å². The quantitative estimate of drug-likeness (QED) is 0.0419. The molecule has 2 aromatic heterocycles. The molecule has 4 rings (SSSR count). The number of fused-ring (bicyclic) bond motifs is 1. The lowest BCUT2D eigenvalue weighted by atomic mass is 10.1. The van der Waals surface area contributed by atoms with Crippen LogP contribution in [0.4, 0.5) is 5.95 Å². The number of anilines is 1. The molecular formula is C39H51N9O9S. The zero-order valence-electron chi connectivity index (χ0n) is 32.9. The second-order valence-electron chi connectivity index (χ2n) is 13.6. The number of hydrogen-bond acceptors (Lipinski definition) is 11. The summed E-state index contributed by atoms with van der Waals surface area (Å²) in [5.41, 5.74) is 6.52. The van der Waals surface area contributed by atoms with Crippen LogP contribution < -0.4 is 32.4 Å². The molecule has 58 heavy (non-hydrogen) atoms. The molecule has 0 radical (unpaired) electrons. The summed E-state index contributed by atoms with van der Waals surface area (Å²) < 4.78 is 37.1. The third kappa shape index (κ3) is 13.1. The topological polar surface area (TPSA) is 269 Å². The van der Waals surface area contributed by atoms with E-state index in [1.807, 2.05) is 0 Å². The molecule has 8 N–H and O–H groups in total. The molecule has 18 nitrogen and oxygen atoms in total. The number of carboxylic acid groups (broad SMARTS) is 1. The van der Waals surface area contributed by atoms with Crippen LogP contribution in [-0.4, -0.2) is 96.9 Å². The molecule has 3 amide bonds. The van der Waals surface area contributed by atoms with Gasteiger partial charge in [-0.05, 0) is 75.4 Å². The summed E-state index contributed by atoms with van der Waals surface area (Å²) in [6.07, 6.45) is 6.40. The smallest absolute Gasteiger partial charge is 0.353 e. The number of aromatic nitrogens is 3. The van der Waals surface area contributed by atoms with Crippen molar-refractivity contribution in [2.24, 2.45) is 10.1 Å². The van der Waals surface area contributed by atoms with Crippen molar-refractivity contribution in [3.8, 4) is 0 Å². The highest BCUT2D eigenvalue weighted by Gasteiger charge is 2.24. The fourth-order valence-electron chi connectivity index (χ4n) is 6.18. The minimum Gasteiger partial charge on any atom is -0.477 e. The van der Waals surface area contributed by atoms with Gasteiger partial charge >= 0.3 is 5.97 Å². The van der Waals surface area contributed by atoms with Crippen molar-refractivity contribution in [3.05, 3.63) is 87.0 Å². The van der Waals surface area contributed by atoms with Crippen molar-refractivity contribution in [3.63, 3.8) is 0 Å². The van der Waals surface area contributed by atoms with E-state index >= 15 is 0 Å². The number of rotatable bonds is 23. The van der Waals surface area contributed by atoms with Crippen molar-refractivity contribution < 1.29 is 37.4 Å². The molecule has 4 aromatic rings. The Balaban J connectivity index is 1.46. The first-order valence-electron chi connectivity index (χ1n) is 18.8. The Labute approximate surface area is 336 Å². The first kappa shape index (κ1) is 44.8. The van der Waals surface area contributed by atoms with E-state index in [1.54, 1.807) is 68.1 Å². The Kier molecular flexibility index (Phi) is 16.7. The number of carboxylic acids is 1. The standard InChI is InChI=1S/C39H51N9O9S/c1-25-19-26(2)36(27(3)20-25)58(55,56)47-31(38(53)54)23-45-37(52)30-24-48(32-21-28(7-8-29(32)35(30)51)22-46-39-43-14-15-44-39)16-5-12-41-33(49)9-10-34(50)42-13-6-18-57-17-4-11-40/h7-8,14-15,19-21,24H,4-6,9-13,16-18,22-23,40H2,1-3H3,(H,41,49)(H,42,50)(H,45,52)(H,53,54)(H2,43,44,46)/b47-31+. The first-order valence-corrected chi connectivity index (χ1v) is 20.3. The van der Waals surface area contributed by atoms with E-state index in [0.29, 0.717) is 68.3 Å². The Morgan fingerprint density at radius 1 is 0.948 bits per heavy atom. The van der Waals surface area contributed by atoms with Gasteiger partial charge in [0.25, 0.3) is 15.9 Å². The van der Waals surface area contributed by atoms with Crippen LogP contribution >= 0.6 is 0 Å². The number of carbonyl (C=O) groups is 4. The van der Waals surface area contributed by atoms with Crippen LogP contribution in [-0.2, 0) is 42.2 Å². The molecule has 0 aliphatic heterocycles. The van der Waals surface area contributed by atoms with Crippen molar-refractivity contribution in [2.45, 2.75) is 70.9 Å². The fourth-order valence-corrected chi connectivity index (χ4v) is 7.64. The number of carbonyl (C=O) groups excluding carboxylic acids is 3. The number of aliphatic carboxylic acids is 1. The molecule has 0 aliphatic carbocycles. The summed E-state index contributed by atoms with van der Waals surface area (Å²) in [7, 11) is -4.48. The average Bonchev–Trinajstić information content (AvgIpc) is 3.70. The maximum atomic E-state index is 13.7. The predicted molar refractivity (Wildman–Crippen MR) is 218 cm³/mol. The van der Waals surface area contributed by atoms with E-state index in [4.69, 9.17) is 10.5 Å². The van der Waals surface area contributed by atoms with Gasteiger partial charge in [-0.15, -0.1) is 0 Å². The van der Waals surface area contributed by atoms with Crippen LogP contribution in [0, 0.1) is 20.8 Å². The SMILES string of the molecule is Cc1cc(C)c(S(=O)(=O)/N=C(\CNC(=O)c2cn(CCCNC(=O)CCC(=O)NCCCOCCCN)c3cc(CNc4ncc[nH]4)ccc3c2=O)C(=O)O)c(C)c1. The van der Waals surface area contributed by atoms with Gasteiger partial charge in [-0.2, -0.15) is 12.8 Å². The molecule has 2 aromatic carbocycles. The van der Waals surface area contributed by atoms with Gasteiger partial charge in [0.2, 0.25) is 17.2 Å². The number of sulfonamides is 1. The van der Waals surface area contributed by atoms with Gasteiger partial charge in [-0.3, -0.25) is 19.2 Å². The summed E-state index contributed by atoms with van der Waals surface area (Å²) >= 11 is 0. The number of ether oxygens (including phenoxy) is 1. The third-order valence-electron chi connectivity index (χ3n) is 8.86. The number of aryl methyl sites for hydroxylation is 4. The Bertz CT molecular complexity index is 2270. The number of amides is 3. The van der Waals surface area contributed by atoms with E-state index in [1.165, 1.54) is 6.20 Å². The molecule has 0 spiro atoms. The van der Waals surface area contributed by atoms with Crippen molar-refractivity contribution >= 4 is 56.3 Å². The second kappa shape index (κ2) is 21.6. The summed E-state index contributed by atoms with van der Waals surface area (Å²) in [5, 5.41) is 21.1. The number of nitrogens with one attached hydrogen (secondary N) is 5. The fraction of sp³-hybridized carbons (Fsp3) is 0.410. The van der Waals surface area contributed by atoms with Gasteiger partial charge in [0.15, 0.2) is 11.7 Å². The number of imidazole rings is 1. The molecule has 0 bridgehead atoms. The maximum Gasteiger partial charge on any atom is 0.353 e. The molecular weight excluding hydrogens is 771 g/mol. The highest BCUT2D eigenvalue weighted by molar-refractivity contribution is 7.90. The van der Waals surface area contributed by atoms with Gasteiger partial charge in [0, 0.05) is 76.2 Å². The highest BCUT2D eigenvalue weighted by Crippen LogP contribution is 2.24. The Hall–Kier alpha value is -5.92. The maximum absolute atomic E-state index is 13.7. The monoisotopic (exact) mass is 821 g/mol. The molecule has 19 heteroatoms. The number of H-pyrrole nitrogens is 1. The lowest BCUT2D eigenvalue weighted by Crippen LogP contribution is -2.36. The molecule has 0 aliphatic rings. The van der Waals surface area contributed by atoms with E-state index in [0.717, 1.165) is 17.5 Å². The normalized spacial score (nSPS) is 11.7. The number of benzene rings is 2. The van der Waals surface area contributed by atoms with Gasteiger partial charge in [0.1, 0.15) is 5.56 Å². The minimum absolute atomic E-state index is 0.0106. The number of hydrogen-bond donors (Lipinski definition) is 7. The second-order valence-corrected chi connectivity index (χ2v) is 15.1. The van der Waals surface area contributed by atoms with E-state index in [2.05, 4.69) is 35.6 Å². The van der Waals surface area contributed by atoms with Gasteiger partial charge in [0.05, 0.1) is 17.0 Å². The third-order valence-corrected chi connectivity index (χ3v) is 10.5. The molecule has 0 saturated carbocycles. The summed E-state index contributed by atoms with van der Waals surface area (Å²) in [5.74, 6) is -2.63. The summed E-state index contributed by atoms with van der Waals surface area (Å²) in [6, 6.07) is 8.36. The zero-order chi connectivity index (χ0) is 42.2. The zero-order valence-corrected chi connectivity index (χ0v) is 33.7. The van der Waals surface area contributed by atoms with Crippen LogP contribution in [0.5, 0.6) is 0 Å². The Morgan fingerprint density at radius 3 is 2.26 bits per heavy atom. The molecule has 0 unspecified atom stereocenters. The number of aromatic amines is 1. The number of nitrogens with two attached hydrogens (primary N) is 1. The Morgan fingerprint density at radius 2 is 1.62 bits per heavy atom. The minimum atomic E-state index is -4.48. The first-order chi connectivity index (χ1) is 27.7. The van der Waals surface area contributed by atoms with E-state index in [9.17, 15) is 37.5 Å². The number of pyridine rings is 1. The molecule has 312 valence electrons. The van der Waals surface area contributed by atoms with Crippen LogP contribution in [0.2, 0.25) is 0 Å². The van der Waals surface area contributed by atoms with Crippen LogP contribution in [0.25, 0.3) is 10.9 Å². The lowest BCUT2D eigenvalue weighted by molar-refractivity contribution is -0.129.